The van der Waals surface area contributed by atoms with Gasteiger partial charge in [-0.15, -0.1) is 0 Å². The molecule has 5 heteroatoms. The molecule has 0 aliphatic rings. The van der Waals surface area contributed by atoms with Crippen molar-refractivity contribution in [2.45, 2.75) is 19.6 Å². The summed E-state index contributed by atoms with van der Waals surface area (Å²) < 4.78 is 18.8. The van der Waals surface area contributed by atoms with Crippen LogP contribution in [0.3, 0.4) is 0 Å². The third kappa shape index (κ3) is 5.14. The molecule has 1 aromatic carbocycles. The van der Waals surface area contributed by atoms with E-state index in [4.69, 9.17) is 4.74 Å². The minimum atomic E-state index is -0.456. The Labute approximate surface area is 114 Å². The van der Waals surface area contributed by atoms with Gasteiger partial charge in [0.05, 0.1) is 12.7 Å². The first-order valence-electron chi connectivity index (χ1n) is 6.42. The number of benzene rings is 1. The van der Waals surface area contributed by atoms with Crippen molar-refractivity contribution in [1.29, 1.82) is 0 Å². The highest BCUT2D eigenvalue weighted by Gasteiger charge is 2.12. The molecule has 0 fully saturated rings. The van der Waals surface area contributed by atoms with Crippen molar-refractivity contribution in [1.82, 2.24) is 5.32 Å². The monoisotopic (exact) mass is 270 g/mol. The Morgan fingerprint density at radius 2 is 2.21 bits per heavy atom. The van der Waals surface area contributed by atoms with Crippen LogP contribution in [0.4, 0.5) is 10.1 Å². The molecule has 108 valence electrons. The maximum absolute atomic E-state index is 13.9. The summed E-state index contributed by atoms with van der Waals surface area (Å²) in [6, 6.07) is 4.99. The Morgan fingerprint density at radius 1 is 1.47 bits per heavy atom. The average molecular weight is 270 g/mol. The molecule has 0 aliphatic carbocycles. The molecular formula is C14H23FN2O2. The number of hydrogen-bond acceptors (Lipinski definition) is 4. The van der Waals surface area contributed by atoms with Crippen LogP contribution in [0.1, 0.15) is 12.5 Å². The number of likely N-dealkylation sites (N-methyl/N-ethyl adjacent to an activating group) is 1. The summed E-state index contributed by atoms with van der Waals surface area (Å²) in [6.07, 6.45) is -0.456. The van der Waals surface area contributed by atoms with Gasteiger partial charge in [-0.2, -0.15) is 0 Å². The number of nitrogens with zero attached hydrogens (tertiary/aromatic N) is 1. The Hall–Kier alpha value is -1.17. The summed E-state index contributed by atoms with van der Waals surface area (Å²) in [4.78, 5) is 1.86. The van der Waals surface area contributed by atoms with E-state index in [1.807, 2.05) is 18.0 Å². The van der Waals surface area contributed by atoms with Gasteiger partial charge in [-0.25, -0.2) is 4.39 Å². The molecule has 0 spiro atoms. The van der Waals surface area contributed by atoms with Crippen LogP contribution in [0.15, 0.2) is 18.2 Å². The molecule has 0 heterocycles. The fourth-order valence-electron chi connectivity index (χ4n) is 1.96. The molecule has 0 saturated heterocycles. The number of methoxy groups -OCH3 is 1. The number of halogens is 1. The fourth-order valence-corrected chi connectivity index (χ4v) is 1.96. The van der Waals surface area contributed by atoms with E-state index in [0.717, 1.165) is 5.69 Å². The van der Waals surface area contributed by atoms with Crippen LogP contribution in [0.25, 0.3) is 0 Å². The molecule has 1 unspecified atom stereocenters. The lowest BCUT2D eigenvalue weighted by molar-refractivity contribution is 0.199. The van der Waals surface area contributed by atoms with Gasteiger partial charge in [-0.05, 0) is 19.1 Å². The van der Waals surface area contributed by atoms with Crippen LogP contribution >= 0.6 is 0 Å². The first-order valence-corrected chi connectivity index (χ1v) is 6.42. The van der Waals surface area contributed by atoms with Gasteiger partial charge in [0.25, 0.3) is 0 Å². The summed E-state index contributed by atoms with van der Waals surface area (Å²) in [6.45, 7) is 3.88. The fraction of sp³-hybridized carbons (Fsp3) is 0.571. The molecule has 0 radical (unpaired) electrons. The van der Waals surface area contributed by atoms with Gasteiger partial charge in [0.1, 0.15) is 5.82 Å². The predicted molar refractivity (Wildman–Crippen MR) is 74.9 cm³/mol. The molecule has 4 nitrogen and oxygen atoms in total. The lowest BCUT2D eigenvalue weighted by Crippen LogP contribution is -2.29. The van der Waals surface area contributed by atoms with E-state index in [9.17, 15) is 9.50 Å². The van der Waals surface area contributed by atoms with Crippen molar-refractivity contribution < 1.29 is 14.2 Å². The number of aliphatic hydroxyl groups excluding tert-OH is 1. The van der Waals surface area contributed by atoms with Crippen molar-refractivity contribution in [2.24, 2.45) is 0 Å². The highest BCUT2D eigenvalue weighted by atomic mass is 19.1. The lowest BCUT2D eigenvalue weighted by atomic mass is 10.1. The second kappa shape index (κ2) is 8.09. The SMILES string of the molecule is COCCNCc1c(F)cccc1N(C)CC(C)O. The number of aliphatic hydroxyl groups is 1. The standard InChI is InChI=1S/C14H23FN2O2/c1-11(18)10-17(2)14-6-4-5-13(15)12(14)9-16-7-8-19-3/h4-6,11,16,18H,7-10H2,1-3H3. The van der Waals surface area contributed by atoms with Crippen LogP contribution in [-0.2, 0) is 11.3 Å². The van der Waals surface area contributed by atoms with Crippen LogP contribution < -0.4 is 10.2 Å². The zero-order chi connectivity index (χ0) is 14.3. The van der Waals surface area contributed by atoms with Gasteiger partial charge < -0.3 is 20.1 Å². The molecule has 0 amide bonds. The topological polar surface area (TPSA) is 44.7 Å². The third-order valence-corrected chi connectivity index (χ3v) is 2.83. The van der Waals surface area contributed by atoms with Crippen molar-refractivity contribution in [3.63, 3.8) is 0 Å². The van der Waals surface area contributed by atoms with Crippen molar-refractivity contribution in [3.05, 3.63) is 29.6 Å². The quantitative estimate of drug-likeness (QED) is 0.701. The molecule has 0 aliphatic heterocycles. The van der Waals surface area contributed by atoms with Gasteiger partial charge in [0, 0.05) is 45.0 Å². The first kappa shape index (κ1) is 15.9. The minimum absolute atomic E-state index is 0.236. The van der Waals surface area contributed by atoms with E-state index in [2.05, 4.69) is 5.32 Å². The van der Waals surface area contributed by atoms with Crippen LogP contribution in [0, 0.1) is 5.82 Å². The number of rotatable bonds is 8. The van der Waals surface area contributed by atoms with E-state index in [1.165, 1.54) is 6.07 Å². The lowest BCUT2D eigenvalue weighted by Gasteiger charge is -2.24. The molecule has 19 heavy (non-hydrogen) atoms. The summed E-state index contributed by atoms with van der Waals surface area (Å²) in [5.74, 6) is -0.236. The third-order valence-electron chi connectivity index (χ3n) is 2.83. The normalized spacial score (nSPS) is 12.5. The summed E-state index contributed by atoms with van der Waals surface area (Å²) in [5, 5.41) is 12.6. The second-order valence-corrected chi connectivity index (χ2v) is 4.64. The van der Waals surface area contributed by atoms with Crippen LogP contribution in [0.2, 0.25) is 0 Å². The maximum Gasteiger partial charge on any atom is 0.129 e. The Morgan fingerprint density at radius 3 is 2.84 bits per heavy atom. The maximum atomic E-state index is 13.9. The molecule has 1 rings (SSSR count). The van der Waals surface area contributed by atoms with Gasteiger partial charge in [-0.1, -0.05) is 6.07 Å². The number of nitrogens with one attached hydrogen (secondary N) is 1. The molecule has 1 atom stereocenters. The predicted octanol–water partition coefficient (Wildman–Crippen LogP) is 1.38. The molecular weight excluding hydrogens is 247 g/mol. The highest BCUT2D eigenvalue weighted by molar-refractivity contribution is 5.53. The van der Waals surface area contributed by atoms with E-state index in [-0.39, 0.29) is 5.82 Å². The van der Waals surface area contributed by atoms with E-state index in [0.29, 0.717) is 31.8 Å². The van der Waals surface area contributed by atoms with Gasteiger partial charge >= 0.3 is 0 Å². The van der Waals surface area contributed by atoms with E-state index in [1.54, 1.807) is 20.1 Å². The molecule has 1 aromatic rings. The highest BCUT2D eigenvalue weighted by Crippen LogP contribution is 2.22. The van der Waals surface area contributed by atoms with Crippen LogP contribution in [0.5, 0.6) is 0 Å². The minimum Gasteiger partial charge on any atom is -0.392 e. The van der Waals surface area contributed by atoms with Gasteiger partial charge in [0.2, 0.25) is 0 Å². The van der Waals surface area contributed by atoms with Crippen LogP contribution in [-0.4, -0.2) is 45.1 Å². The molecule has 2 N–H and O–H groups in total. The Kier molecular flexibility index (Phi) is 6.77. The van der Waals surface area contributed by atoms with Gasteiger partial charge in [-0.3, -0.25) is 0 Å². The number of anilines is 1. The number of hydrogen-bond donors (Lipinski definition) is 2. The van der Waals surface area contributed by atoms with Crippen molar-refractivity contribution in [2.75, 3.05) is 38.8 Å². The molecule has 0 aromatic heterocycles. The summed E-state index contributed by atoms with van der Waals surface area (Å²) >= 11 is 0. The van der Waals surface area contributed by atoms with E-state index < -0.39 is 6.10 Å². The first-order chi connectivity index (χ1) is 9.06. The molecule has 0 bridgehead atoms. The number of ether oxygens (including phenoxy) is 1. The smallest absolute Gasteiger partial charge is 0.129 e. The second-order valence-electron chi connectivity index (χ2n) is 4.64. The van der Waals surface area contributed by atoms with Gasteiger partial charge in [0.15, 0.2) is 0 Å². The van der Waals surface area contributed by atoms with Crippen molar-refractivity contribution in [3.8, 4) is 0 Å². The largest absolute Gasteiger partial charge is 0.392 e. The Balaban J connectivity index is 2.76. The summed E-state index contributed by atoms with van der Waals surface area (Å²) in [5.41, 5.74) is 1.41. The summed E-state index contributed by atoms with van der Waals surface area (Å²) in [7, 11) is 3.48. The average Bonchev–Trinajstić information content (AvgIpc) is 2.35. The zero-order valence-electron chi connectivity index (χ0n) is 11.8. The van der Waals surface area contributed by atoms with E-state index >= 15 is 0 Å². The Bertz CT molecular complexity index is 386. The molecule has 0 saturated carbocycles. The van der Waals surface area contributed by atoms with Crippen molar-refractivity contribution >= 4 is 5.69 Å². The zero-order valence-corrected chi connectivity index (χ0v) is 11.8.